The summed E-state index contributed by atoms with van der Waals surface area (Å²) >= 11 is 0. The first kappa shape index (κ1) is 14.2. The van der Waals surface area contributed by atoms with Crippen LogP contribution in [-0.4, -0.2) is 71.2 Å². The van der Waals surface area contributed by atoms with Gasteiger partial charge in [-0.15, -0.1) is 0 Å². The van der Waals surface area contributed by atoms with E-state index in [0.717, 1.165) is 45.1 Å². The molecule has 23 heavy (non-hydrogen) atoms. The smallest absolute Gasteiger partial charge is 0.292 e. The standard InChI is InChI=1S/C16H19N5O2/c22-16(14-4-6-18-23-14)21-11-13(12-21)19-7-9-20(10-8-19)15-3-1-2-5-17-15/h1-6,13H,7-12H2. The van der Waals surface area contributed by atoms with Crippen LogP contribution in [0.1, 0.15) is 10.6 Å². The predicted octanol–water partition coefficient (Wildman–Crippen LogP) is 0.716. The molecule has 0 aliphatic carbocycles. The number of amides is 1. The van der Waals surface area contributed by atoms with Crippen LogP contribution in [0.3, 0.4) is 0 Å². The van der Waals surface area contributed by atoms with E-state index in [9.17, 15) is 4.79 Å². The maximum Gasteiger partial charge on any atom is 0.292 e. The van der Waals surface area contributed by atoms with E-state index in [0.29, 0.717) is 11.8 Å². The van der Waals surface area contributed by atoms with E-state index in [1.54, 1.807) is 6.07 Å². The van der Waals surface area contributed by atoms with Gasteiger partial charge in [0, 0.05) is 57.6 Å². The highest BCUT2D eigenvalue weighted by molar-refractivity contribution is 5.91. The highest BCUT2D eigenvalue weighted by Crippen LogP contribution is 2.21. The van der Waals surface area contributed by atoms with Crippen LogP contribution in [0.15, 0.2) is 41.2 Å². The molecule has 120 valence electrons. The average Bonchev–Trinajstić information content (AvgIpc) is 3.09. The van der Waals surface area contributed by atoms with Gasteiger partial charge in [-0.2, -0.15) is 0 Å². The molecule has 0 spiro atoms. The van der Waals surface area contributed by atoms with Gasteiger partial charge in [-0.3, -0.25) is 9.69 Å². The van der Waals surface area contributed by atoms with Gasteiger partial charge in [0.05, 0.1) is 6.20 Å². The van der Waals surface area contributed by atoms with E-state index in [2.05, 4.69) is 26.0 Å². The molecule has 1 amide bonds. The van der Waals surface area contributed by atoms with Gasteiger partial charge < -0.3 is 14.3 Å². The normalized spacial score (nSPS) is 19.7. The minimum absolute atomic E-state index is 0.0640. The molecule has 2 aliphatic heterocycles. The summed E-state index contributed by atoms with van der Waals surface area (Å²) in [6.45, 7) is 5.50. The highest BCUT2D eigenvalue weighted by Gasteiger charge is 2.37. The number of likely N-dealkylation sites (tertiary alicyclic amines) is 1. The van der Waals surface area contributed by atoms with Crippen molar-refractivity contribution in [1.29, 1.82) is 0 Å². The largest absolute Gasteiger partial charge is 0.354 e. The Morgan fingerprint density at radius 1 is 1.09 bits per heavy atom. The molecule has 0 unspecified atom stereocenters. The van der Waals surface area contributed by atoms with E-state index >= 15 is 0 Å². The van der Waals surface area contributed by atoms with Crippen molar-refractivity contribution in [1.82, 2.24) is 19.9 Å². The van der Waals surface area contributed by atoms with Crippen molar-refractivity contribution in [2.24, 2.45) is 0 Å². The van der Waals surface area contributed by atoms with Crippen molar-refractivity contribution in [2.75, 3.05) is 44.2 Å². The number of carbonyl (C=O) groups is 1. The SMILES string of the molecule is O=C(c1ccno1)N1CC(N2CCN(c3ccccn3)CC2)C1. The van der Waals surface area contributed by atoms with Gasteiger partial charge in [0.25, 0.3) is 5.91 Å². The lowest BCUT2D eigenvalue weighted by Gasteiger charge is -2.48. The Hall–Kier alpha value is -2.41. The second-order valence-corrected chi connectivity index (χ2v) is 5.95. The molecule has 0 bridgehead atoms. The van der Waals surface area contributed by atoms with Crippen LogP contribution < -0.4 is 4.90 Å². The van der Waals surface area contributed by atoms with Crippen molar-refractivity contribution in [3.05, 3.63) is 42.4 Å². The quantitative estimate of drug-likeness (QED) is 0.832. The molecule has 2 aliphatic rings. The number of hydrogen-bond acceptors (Lipinski definition) is 6. The van der Waals surface area contributed by atoms with E-state index in [1.807, 2.05) is 23.2 Å². The Morgan fingerprint density at radius 2 is 1.91 bits per heavy atom. The first-order chi connectivity index (χ1) is 11.3. The second kappa shape index (κ2) is 6.00. The summed E-state index contributed by atoms with van der Waals surface area (Å²) in [5.41, 5.74) is 0. The Kier molecular flexibility index (Phi) is 3.70. The molecule has 2 fully saturated rings. The van der Waals surface area contributed by atoms with Gasteiger partial charge in [0.1, 0.15) is 5.82 Å². The molecule has 7 nitrogen and oxygen atoms in total. The fourth-order valence-corrected chi connectivity index (χ4v) is 3.19. The molecule has 2 aromatic rings. The molecule has 7 heteroatoms. The highest BCUT2D eigenvalue weighted by atomic mass is 16.5. The third kappa shape index (κ3) is 2.79. The van der Waals surface area contributed by atoms with Gasteiger partial charge in [-0.1, -0.05) is 11.2 Å². The topological polar surface area (TPSA) is 65.7 Å². The Labute approximate surface area is 134 Å². The molecule has 2 saturated heterocycles. The van der Waals surface area contributed by atoms with Crippen LogP contribution in [0.25, 0.3) is 0 Å². The number of anilines is 1. The molecular formula is C16H19N5O2. The van der Waals surface area contributed by atoms with Crippen LogP contribution in [0.5, 0.6) is 0 Å². The molecule has 4 heterocycles. The number of hydrogen-bond donors (Lipinski definition) is 0. The van der Waals surface area contributed by atoms with Crippen molar-refractivity contribution >= 4 is 11.7 Å². The minimum Gasteiger partial charge on any atom is -0.354 e. The van der Waals surface area contributed by atoms with E-state index < -0.39 is 0 Å². The maximum atomic E-state index is 12.1. The van der Waals surface area contributed by atoms with Gasteiger partial charge in [-0.05, 0) is 12.1 Å². The fraction of sp³-hybridized carbons (Fsp3) is 0.438. The summed E-state index contributed by atoms with van der Waals surface area (Å²) in [6, 6.07) is 8.08. The lowest BCUT2D eigenvalue weighted by Crippen LogP contribution is -2.64. The second-order valence-electron chi connectivity index (χ2n) is 5.95. The summed E-state index contributed by atoms with van der Waals surface area (Å²) in [4.78, 5) is 23.1. The number of aromatic nitrogens is 2. The van der Waals surface area contributed by atoms with Crippen molar-refractivity contribution in [3.63, 3.8) is 0 Å². The zero-order chi connectivity index (χ0) is 15.6. The summed E-state index contributed by atoms with van der Waals surface area (Å²) in [5, 5.41) is 3.59. The van der Waals surface area contributed by atoms with Crippen molar-refractivity contribution < 1.29 is 9.32 Å². The fourth-order valence-electron chi connectivity index (χ4n) is 3.19. The van der Waals surface area contributed by atoms with Crippen LogP contribution in [0.2, 0.25) is 0 Å². The predicted molar refractivity (Wildman–Crippen MR) is 84.2 cm³/mol. The van der Waals surface area contributed by atoms with E-state index in [4.69, 9.17) is 4.52 Å². The van der Waals surface area contributed by atoms with E-state index in [-0.39, 0.29) is 5.91 Å². The molecule has 0 atom stereocenters. The van der Waals surface area contributed by atoms with Crippen LogP contribution >= 0.6 is 0 Å². The summed E-state index contributed by atoms with van der Waals surface area (Å²) in [6.07, 6.45) is 3.34. The Bertz CT molecular complexity index is 646. The van der Waals surface area contributed by atoms with Crippen molar-refractivity contribution in [2.45, 2.75) is 6.04 Å². The maximum absolute atomic E-state index is 12.1. The molecule has 4 rings (SSSR count). The molecule has 0 radical (unpaired) electrons. The Balaban J connectivity index is 1.27. The lowest BCUT2D eigenvalue weighted by molar-refractivity contribution is 0.0217. The lowest BCUT2D eigenvalue weighted by atomic mass is 10.1. The van der Waals surface area contributed by atoms with Crippen LogP contribution in [0, 0.1) is 0 Å². The van der Waals surface area contributed by atoms with Gasteiger partial charge in [0.2, 0.25) is 5.76 Å². The van der Waals surface area contributed by atoms with Gasteiger partial charge >= 0.3 is 0 Å². The molecule has 0 aromatic carbocycles. The first-order valence-electron chi connectivity index (χ1n) is 7.91. The molecule has 2 aromatic heterocycles. The zero-order valence-corrected chi connectivity index (χ0v) is 12.8. The van der Waals surface area contributed by atoms with Gasteiger partial charge in [-0.25, -0.2) is 4.98 Å². The zero-order valence-electron chi connectivity index (χ0n) is 12.8. The third-order valence-electron chi connectivity index (χ3n) is 4.60. The molecule has 0 N–H and O–H groups in total. The van der Waals surface area contributed by atoms with E-state index in [1.165, 1.54) is 6.20 Å². The molecule has 0 saturated carbocycles. The van der Waals surface area contributed by atoms with Crippen molar-refractivity contribution in [3.8, 4) is 0 Å². The van der Waals surface area contributed by atoms with Crippen LogP contribution in [0.4, 0.5) is 5.82 Å². The Morgan fingerprint density at radius 3 is 2.57 bits per heavy atom. The monoisotopic (exact) mass is 313 g/mol. The number of carbonyl (C=O) groups excluding carboxylic acids is 1. The summed E-state index contributed by atoms with van der Waals surface area (Å²) in [7, 11) is 0. The minimum atomic E-state index is -0.0640. The number of pyridine rings is 1. The summed E-state index contributed by atoms with van der Waals surface area (Å²) in [5.74, 6) is 1.30. The third-order valence-corrected chi connectivity index (χ3v) is 4.60. The number of nitrogens with zero attached hydrogens (tertiary/aromatic N) is 5. The number of piperazine rings is 1. The number of rotatable bonds is 3. The summed E-state index contributed by atoms with van der Waals surface area (Å²) < 4.78 is 4.93. The van der Waals surface area contributed by atoms with Gasteiger partial charge in [0.15, 0.2) is 0 Å². The van der Waals surface area contributed by atoms with Crippen LogP contribution in [-0.2, 0) is 0 Å². The average molecular weight is 313 g/mol. The molecular weight excluding hydrogens is 294 g/mol. The first-order valence-corrected chi connectivity index (χ1v) is 7.91.